The van der Waals surface area contributed by atoms with Crippen LogP contribution in [0.1, 0.15) is 62.1 Å². The first kappa shape index (κ1) is 31.0. The van der Waals surface area contributed by atoms with Gasteiger partial charge in [0.1, 0.15) is 34.5 Å². The number of carboxylic acids is 6. The van der Waals surface area contributed by atoms with Crippen LogP contribution in [0.2, 0.25) is 0 Å². The maximum Gasteiger partial charge on any atom is 0.336 e. The fourth-order valence-electron chi connectivity index (χ4n) is 3.98. The fraction of sp³-hybridized carbons (Fsp3) is 0. The molecular formula is C30H18O15. The van der Waals surface area contributed by atoms with Crippen molar-refractivity contribution in [3.05, 3.63) is 106 Å². The number of hydrogen-bond acceptors (Lipinski definition) is 9. The van der Waals surface area contributed by atoms with E-state index in [1.54, 1.807) is 0 Å². The molecule has 0 bridgehead atoms. The fourth-order valence-corrected chi connectivity index (χ4v) is 3.98. The lowest BCUT2D eigenvalue weighted by Crippen LogP contribution is -2.08. The molecule has 0 spiro atoms. The summed E-state index contributed by atoms with van der Waals surface area (Å²) in [7, 11) is 0. The molecule has 228 valence electrons. The summed E-state index contributed by atoms with van der Waals surface area (Å²) in [6.45, 7) is 0. The van der Waals surface area contributed by atoms with Crippen LogP contribution in [0, 0.1) is 0 Å². The van der Waals surface area contributed by atoms with Crippen LogP contribution in [0.25, 0.3) is 0 Å². The van der Waals surface area contributed by atoms with Crippen molar-refractivity contribution in [3.63, 3.8) is 0 Å². The Labute approximate surface area is 250 Å². The molecule has 4 aromatic carbocycles. The van der Waals surface area contributed by atoms with Gasteiger partial charge in [0.2, 0.25) is 0 Å². The van der Waals surface area contributed by atoms with Gasteiger partial charge in [0.25, 0.3) is 0 Å². The average molecular weight is 618 g/mol. The lowest BCUT2D eigenvalue weighted by molar-refractivity contribution is 0.0651. The smallest absolute Gasteiger partial charge is 0.336 e. The van der Waals surface area contributed by atoms with E-state index in [-0.39, 0.29) is 34.5 Å². The Hall–Kier alpha value is -6.90. The van der Waals surface area contributed by atoms with E-state index in [4.69, 9.17) is 14.2 Å². The molecule has 4 rings (SSSR count). The summed E-state index contributed by atoms with van der Waals surface area (Å²) >= 11 is 0. The first-order valence-electron chi connectivity index (χ1n) is 12.2. The summed E-state index contributed by atoms with van der Waals surface area (Å²) in [6, 6.07) is 13.2. The second-order valence-corrected chi connectivity index (χ2v) is 8.90. The second-order valence-electron chi connectivity index (χ2n) is 8.90. The minimum Gasteiger partial charge on any atom is -0.478 e. The van der Waals surface area contributed by atoms with Crippen LogP contribution in [-0.4, -0.2) is 66.5 Å². The van der Waals surface area contributed by atoms with Crippen LogP contribution >= 0.6 is 0 Å². The number of carbonyl (C=O) groups is 6. The van der Waals surface area contributed by atoms with Crippen LogP contribution in [-0.2, 0) is 0 Å². The molecule has 0 aromatic heterocycles. The van der Waals surface area contributed by atoms with Gasteiger partial charge in [0.15, 0.2) is 0 Å². The monoisotopic (exact) mass is 618 g/mol. The van der Waals surface area contributed by atoms with Crippen molar-refractivity contribution in [3.8, 4) is 34.5 Å². The maximum absolute atomic E-state index is 11.6. The SMILES string of the molecule is O=C(O)c1ccc(Oc2cc(Oc3ccc(C(=O)O)c(C(=O)O)c3)cc(Oc3ccc(C(=O)O)c(C(=O)O)c3)c2)cc1C(=O)O. The van der Waals surface area contributed by atoms with Crippen molar-refractivity contribution in [2.24, 2.45) is 0 Å². The van der Waals surface area contributed by atoms with Crippen molar-refractivity contribution in [2.75, 3.05) is 0 Å². The Morgan fingerprint density at radius 3 is 0.733 bits per heavy atom. The number of aromatic carboxylic acids is 6. The first-order valence-corrected chi connectivity index (χ1v) is 12.2. The van der Waals surface area contributed by atoms with Gasteiger partial charge in [-0.1, -0.05) is 0 Å². The van der Waals surface area contributed by atoms with Gasteiger partial charge in [-0.25, -0.2) is 28.8 Å². The lowest BCUT2D eigenvalue weighted by atomic mass is 10.1. The highest BCUT2D eigenvalue weighted by molar-refractivity contribution is 6.03. The molecule has 15 heteroatoms. The zero-order valence-electron chi connectivity index (χ0n) is 22.3. The minimum atomic E-state index is -1.54. The lowest BCUT2D eigenvalue weighted by Gasteiger charge is -2.14. The molecule has 0 unspecified atom stereocenters. The topological polar surface area (TPSA) is 251 Å². The number of benzene rings is 4. The molecule has 0 aliphatic carbocycles. The molecule has 0 amide bonds. The van der Waals surface area contributed by atoms with Crippen LogP contribution < -0.4 is 14.2 Å². The minimum absolute atomic E-state index is 0.0943. The van der Waals surface area contributed by atoms with Crippen molar-refractivity contribution < 1.29 is 73.6 Å². The first-order chi connectivity index (χ1) is 21.2. The summed E-state index contributed by atoms with van der Waals surface area (Å²) in [4.78, 5) is 69.1. The van der Waals surface area contributed by atoms with E-state index in [0.717, 1.165) is 36.4 Å². The van der Waals surface area contributed by atoms with E-state index in [1.807, 2.05) is 0 Å². The number of ether oxygens (including phenoxy) is 3. The van der Waals surface area contributed by atoms with Crippen LogP contribution in [0.4, 0.5) is 0 Å². The van der Waals surface area contributed by atoms with Crippen molar-refractivity contribution in [1.29, 1.82) is 0 Å². The Kier molecular flexibility index (Phi) is 8.65. The van der Waals surface area contributed by atoms with Crippen molar-refractivity contribution >= 4 is 35.8 Å². The molecule has 0 aliphatic heterocycles. The Bertz CT molecular complexity index is 1680. The molecule has 0 fully saturated rings. The van der Waals surface area contributed by atoms with Gasteiger partial charge in [-0.2, -0.15) is 0 Å². The molecule has 0 radical (unpaired) electrons. The van der Waals surface area contributed by atoms with Gasteiger partial charge in [0, 0.05) is 18.2 Å². The summed E-state index contributed by atoms with van der Waals surface area (Å²) < 4.78 is 17.2. The van der Waals surface area contributed by atoms with Gasteiger partial charge in [0.05, 0.1) is 33.4 Å². The van der Waals surface area contributed by atoms with E-state index in [1.165, 1.54) is 36.4 Å². The third kappa shape index (κ3) is 7.12. The predicted octanol–water partition coefficient (Wildman–Crippen LogP) is 5.25. The van der Waals surface area contributed by atoms with E-state index in [2.05, 4.69) is 0 Å². The molecule has 6 N–H and O–H groups in total. The standard InChI is InChI=1S/C30H18O15/c31-25(32)19-4-1-13(10-22(19)28(37)38)43-16-7-17(44-14-2-5-20(26(33)34)23(11-14)29(39)40)9-18(8-16)45-15-3-6-21(27(35)36)24(12-15)30(41)42/h1-12H,(H,31,32)(H,33,34)(H,35,36)(H,37,38)(H,39,40)(H,41,42). The molecular weight excluding hydrogens is 600 g/mol. The Morgan fingerprint density at radius 2 is 0.533 bits per heavy atom. The zero-order valence-corrected chi connectivity index (χ0v) is 22.3. The third-order valence-corrected chi connectivity index (χ3v) is 5.92. The van der Waals surface area contributed by atoms with Gasteiger partial charge in [-0.05, 0) is 54.6 Å². The van der Waals surface area contributed by atoms with Crippen molar-refractivity contribution in [2.45, 2.75) is 0 Å². The Balaban J connectivity index is 1.78. The van der Waals surface area contributed by atoms with Gasteiger partial charge >= 0.3 is 35.8 Å². The van der Waals surface area contributed by atoms with Crippen molar-refractivity contribution in [1.82, 2.24) is 0 Å². The molecule has 0 saturated heterocycles. The highest BCUT2D eigenvalue weighted by Crippen LogP contribution is 2.37. The maximum atomic E-state index is 11.6. The van der Waals surface area contributed by atoms with Gasteiger partial charge in [-0.3, -0.25) is 0 Å². The molecule has 0 heterocycles. The summed E-state index contributed by atoms with van der Waals surface area (Å²) in [5, 5.41) is 56.1. The van der Waals surface area contributed by atoms with Gasteiger partial charge in [-0.15, -0.1) is 0 Å². The molecule has 45 heavy (non-hydrogen) atoms. The number of hydrogen-bond donors (Lipinski definition) is 6. The second kappa shape index (κ2) is 12.5. The molecule has 0 saturated carbocycles. The van der Waals surface area contributed by atoms with E-state index in [0.29, 0.717) is 0 Å². The quantitative estimate of drug-likeness (QED) is 0.118. The van der Waals surface area contributed by atoms with Crippen LogP contribution in [0.3, 0.4) is 0 Å². The number of carboxylic acid groups (broad SMARTS) is 6. The third-order valence-electron chi connectivity index (χ3n) is 5.92. The van der Waals surface area contributed by atoms with E-state index < -0.39 is 69.2 Å². The highest BCUT2D eigenvalue weighted by atomic mass is 16.5. The molecule has 0 atom stereocenters. The normalized spacial score (nSPS) is 10.4. The highest BCUT2D eigenvalue weighted by Gasteiger charge is 2.20. The summed E-state index contributed by atoms with van der Waals surface area (Å²) in [5.74, 6) is -9.77. The molecule has 4 aromatic rings. The summed E-state index contributed by atoms with van der Waals surface area (Å²) in [6.07, 6.45) is 0. The molecule has 0 aliphatic rings. The Morgan fingerprint density at radius 1 is 0.311 bits per heavy atom. The zero-order chi connectivity index (χ0) is 33.0. The van der Waals surface area contributed by atoms with Crippen LogP contribution in [0.5, 0.6) is 34.5 Å². The predicted molar refractivity (Wildman–Crippen MR) is 148 cm³/mol. The average Bonchev–Trinajstić information content (AvgIpc) is 2.96. The van der Waals surface area contributed by atoms with E-state index in [9.17, 15) is 59.4 Å². The van der Waals surface area contributed by atoms with Gasteiger partial charge < -0.3 is 44.8 Å². The van der Waals surface area contributed by atoms with Crippen LogP contribution in [0.15, 0.2) is 72.8 Å². The van der Waals surface area contributed by atoms with E-state index >= 15 is 0 Å². The summed E-state index contributed by atoms with van der Waals surface area (Å²) in [5.41, 5.74) is -3.26. The molecule has 15 nitrogen and oxygen atoms in total. The largest absolute Gasteiger partial charge is 0.478 e. The number of rotatable bonds is 12.